The van der Waals surface area contributed by atoms with E-state index in [9.17, 15) is 4.79 Å². The summed E-state index contributed by atoms with van der Waals surface area (Å²) in [5.41, 5.74) is -0.126. The van der Waals surface area contributed by atoms with Gasteiger partial charge in [0.2, 0.25) is 5.91 Å². The molecule has 1 saturated carbocycles. The van der Waals surface area contributed by atoms with Crippen LogP contribution >= 0.6 is 11.8 Å². The lowest BCUT2D eigenvalue weighted by Crippen LogP contribution is -2.35. The number of hydrogen-bond acceptors (Lipinski definition) is 3. The van der Waals surface area contributed by atoms with E-state index in [1.54, 1.807) is 0 Å². The van der Waals surface area contributed by atoms with Crippen LogP contribution in [0.1, 0.15) is 39.0 Å². The number of hydrogen-bond donors (Lipinski definition) is 1. The minimum atomic E-state index is -0.126. The molecule has 1 N–H and O–H groups in total. The average molecular weight is 242 g/mol. The van der Waals surface area contributed by atoms with E-state index in [4.69, 9.17) is 0 Å². The van der Waals surface area contributed by atoms with E-state index in [-0.39, 0.29) is 11.7 Å². The zero-order valence-electron chi connectivity index (χ0n) is 10.3. The van der Waals surface area contributed by atoms with E-state index in [0.717, 1.165) is 25.8 Å². The molecule has 1 amide bonds. The Bertz CT molecular complexity index is 266. The maximum atomic E-state index is 12.1. The normalized spacial score (nSPS) is 26.8. The second kappa shape index (κ2) is 4.96. The molecule has 0 aromatic rings. The molecule has 3 nitrogen and oxygen atoms in total. The number of nitrogens with one attached hydrogen (secondary N) is 1. The maximum absolute atomic E-state index is 12.1. The highest BCUT2D eigenvalue weighted by atomic mass is 32.2. The van der Waals surface area contributed by atoms with Crippen molar-refractivity contribution in [1.29, 1.82) is 0 Å². The first kappa shape index (κ1) is 12.2. The largest absolute Gasteiger partial charge is 0.326 e. The number of unbranched alkanes of at least 4 members (excludes halogenated alkanes) is 2. The molecule has 4 heteroatoms. The van der Waals surface area contributed by atoms with Gasteiger partial charge in [0, 0.05) is 6.54 Å². The third-order valence-corrected chi connectivity index (χ3v) is 4.32. The molecule has 0 bridgehead atoms. The van der Waals surface area contributed by atoms with Gasteiger partial charge in [-0.05, 0) is 44.6 Å². The molecule has 2 aliphatic rings. The number of carbonyl (C=O) groups excluding carboxylic acids is 1. The van der Waals surface area contributed by atoms with Gasteiger partial charge < -0.3 is 4.90 Å². The number of carbonyl (C=O) groups is 1. The van der Waals surface area contributed by atoms with E-state index in [1.165, 1.54) is 18.6 Å². The first-order valence-corrected chi connectivity index (χ1v) is 7.67. The molecule has 1 unspecified atom stereocenters. The van der Waals surface area contributed by atoms with Crippen molar-refractivity contribution in [2.45, 2.75) is 50.7 Å². The van der Waals surface area contributed by atoms with Gasteiger partial charge in [-0.15, -0.1) is 0 Å². The summed E-state index contributed by atoms with van der Waals surface area (Å²) >= 11 is 1.90. The Morgan fingerprint density at radius 3 is 2.75 bits per heavy atom. The lowest BCUT2D eigenvalue weighted by molar-refractivity contribution is -0.130. The molecule has 92 valence electrons. The zero-order valence-corrected chi connectivity index (χ0v) is 11.1. The molecule has 1 aliphatic heterocycles. The minimum Gasteiger partial charge on any atom is -0.326 e. The van der Waals surface area contributed by atoms with Gasteiger partial charge in [0.25, 0.3) is 0 Å². The second-order valence-electron chi connectivity index (χ2n) is 4.95. The van der Waals surface area contributed by atoms with Crippen molar-refractivity contribution in [2.24, 2.45) is 0 Å². The first-order valence-electron chi connectivity index (χ1n) is 6.27. The van der Waals surface area contributed by atoms with Crippen LogP contribution in [0.5, 0.6) is 0 Å². The van der Waals surface area contributed by atoms with Gasteiger partial charge in [0.1, 0.15) is 0 Å². The smallest absolute Gasteiger partial charge is 0.244 e. The van der Waals surface area contributed by atoms with Crippen LogP contribution in [0.15, 0.2) is 0 Å². The fraction of sp³-hybridized carbons (Fsp3) is 0.917. The summed E-state index contributed by atoms with van der Waals surface area (Å²) in [6.07, 6.45) is 8.13. The summed E-state index contributed by atoms with van der Waals surface area (Å²) in [5, 5.41) is 3.43. The van der Waals surface area contributed by atoms with Crippen LogP contribution < -0.4 is 5.32 Å². The highest BCUT2D eigenvalue weighted by Crippen LogP contribution is 2.41. The first-order chi connectivity index (χ1) is 7.69. The van der Waals surface area contributed by atoms with Crippen molar-refractivity contribution in [2.75, 3.05) is 18.6 Å². The Morgan fingerprint density at radius 1 is 1.44 bits per heavy atom. The predicted octanol–water partition coefficient (Wildman–Crippen LogP) is 1.83. The standard InChI is InChI=1S/C12H22N2OS/c1-10-13-12(6-7-12)11(15)14(10)8-4-3-5-9-16-2/h10,13H,3-9H2,1-2H3. The summed E-state index contributed by atoms with van der Waals surface area (Å²) in [6, 6.07) is 0. The molecule has 0 radical (unpaired) electrons. The summed E-state index contributed by atoms with van der Waals surface area (Å²) in [7, 11) is 0. The summed E-state index contributed by atoms with van der Waals surface area (Å²) in [4.78, 5) is 14.1. The fourth-order valence-corrected chi connectivity index (χ4v) is 2.97. The van der Waals surface area contributed by atoms with Gasteiger partial charge in [-0.25, -0.2) is 0 Å². The summed E-state index contributed by atoms with van der Waals surface area (Å²) in [5.74, 6) is 1.59. The number of amides is 1. The number of rotatable bonds is 6. The topological polar surface area (TPSA) is 32.3 Å². The highest BCUT2D eigenvalue weighted by molar-refractivity contribution is 7.98. The van der Waals surface area contributed by atoms with Gasteiger partial charge in [0.05, 0.1) is 11.7 Å². The van der Waals surface area contributed by atoms with E-state index >= 15 is 0 Å². The van der Waals surface area contributed by atoms with Crippen molar-refractivity contribution < 1.29 is 4.79 Å². The molecular weight excluding hydrogens is 220 g/mol. The van der Waals surface area contributed by atoms with Crippen LogP contribution in [0.3, 0.4) is 0 Å². The Labute approximate surface area is 102 Å². The Hall–Kier alpha value is -0.220. The van der Waals surface area contributed by atoms with Gasteiger partial charge in [-0.2, -0.15) is 11.8 Å². The third kappa shape index (κ3) is 2.38. The van der Waals surface area contributed by atoms with E-state index in [1.807, 2.05) is 16.7 Å². The maximum Gasteiger partial charge on any atom is 0.244 e. The Kier molecular flexibility index (Phi) is 3.80. The number of thioether (sulfide) groups is 1. The Morgan fingerprint density at radius 2 is 2.19 bits per heavy atom. The van der Waals surface area contributed by atoms with Crippen LogP contribution in [-0.2, 0) is 4.79 Å². The van der Waals surface area contributed by atoms with Crippen LogP contribution in [0.2, 0.25) is 0 Å². The summed E-state index contributed by atoms with van der Waals surface area (Å²) in [6.45, 7) is 3.04. The minimum absolute atomic E-state index is 0.126. The average Bonchev–Trinajstić information content (AvgIpc) is 2.98. The van der Waals surface area contributed by atoms with Crippen LogP contribution in [-0.4, -0.2) is 41.1 Å². The Balaban J connectivity index is 1.71. The molecule has 16 heavy (non-hydrogen) atoms. The summed E-state index contributed by atoms with van der Waals surface area (Å²) < 4.78 is 0. The van der Waals surface area contributed by atoms with Gasteiger partial charge >= 0.3 is 0 Å². The van der Waals surface area contributed by atoms with E-state index in [2.05, 4.69) is 18.5 Å². The molecule has 1 heterocycles. The zero-order chi connectivity index (χ0) is 11.6. The lowest BCUT2D eigenvalue weighted by atomic mass is 10.2. The van der Waals surface area contributed by atoms with Crippen LogP contribution in [0.4, 0.5) is 0 Å². The monoisotopic (exact) mass is 242 g/mol. The molecule has 2 rings (SSSR count). The van der Waals surface area contributed by atoms with Gasteiger partial charge in [0.15, 0.2) is 0 Å². The SMILES string of the molecule is CSCCCCCN1C(=O)C2(CC2)NC1C. The van der Waals surface area contributed by atoms with Crippen molar-refractivity contribution in [3.8, 4) is 0 Å². The fourth-order valence-electron chi connectivity index (χ4n) is 2.47. The van der Waals surface area contributed by atoms with Crippen LogP contribution in [0.25, 0.3) is 0 Å². The van der Waals surface area contributed by atoms with Crippen molar-refractivity contribution >= 4 is 17.7 Å². The molecule has 1 aliphatic carbocycles. The molecule has 1 spiro atoms. The quantitative estimate of drug-likeness (QED) is 0.721. The van der Waals surface area contributed by atoms with Crippen molar-refractivity contribution in [1.82, 2.24) is 10.2 Å². The lowest BCUT2D eigenvalue weighted by Gasteiger charge is -2.20. The van der Waals surface area contributed by atoms with Crippen LogP contribution in [0, 0.1) is 0 Å². The highest BCUT2D eigenvalue weighted by Gasteiger charge is 2.57. The molecule has 1 atom stereocenters. The van der Waals surface area contributed by atoms with Crippen molar-refractivity contribution in [3.05, 3.63) is 0 Å². The molecule has 0 aromatic heterocycles. The molecular formula is C12H22N2OS. The van der Waals surface area contributed by atoms with E-state index in [0.29, 0.717) is 5.91 Å². The number of nitrogens with zero attached hydrogens (tertiary/aromatic N) is 1. The van der Waals surface area contributed by atoms with Gasteiger partial charge in [-0.3, -0.25) is 10.1 Å². The van der Waals surface area contributed by atoms with Gasteiger partial charge in [-0.1, -0.05) is 6.42 Å². The van der Waals surface area contributed by atoms with Crippen molar-refractivity contribution in [3.63, 3.8) is 0 Å². The van der Waals surface area contributed by atoms with E-state index < -0.39 is 0 Å². The second-order valence-corrected chi connectivity index (χ2v) is 5.94. The molecule has 1 saturated heterocycles. The third-order valence-electron chi connectivity index (χ3n) is 3.62. The molecule has 2 fully saturated rings. The predicted molar refractivity (Wildman–Crippen MR) is 68.5 cm³/mol. The molecule has 0 aromatic carbocycles.